The quantitative estimate of drug-likeness (QED) is 0.828. The molecule has 1 aromatic heterocycles. The summed E-state index contributed by atoms with van der Waals surface area (Å²) in [5.74, 6) is -0.688. The molecule has 0 bridgehead atoms. The summed E-state index contributed by atoms with van der Waals surface area (Å²) in [7, 11) is 0. The van der Waals surface area contributed by atoms with Crippen molar-refractivity contribution in [2.24, 2.45) is 0 Å². The lowest BCUT2D eigenvalue weighted by Crippen LogP contribution is -2.30. The molecule has 1 heterocycles. The first kappa shape index (κ1) is 19.4. The molecule has 1 atom stereocenters. The van der Waals surface area contributed by atoms with Crippen LogP contribution in [0.1, 0.15) is 41.4 Å². The zero-order valence-electron chi connectivity index (χ0n) is 14.1. The van der Waals surface area contributed by atoms with Gasteiger partial charge in [0.2, 0.25) is 5.91 Å². The molecule has 0 spiro atoms. The van der Waals surface area contributed by atoms with Gasteiger partial charge in [-0.1, -0.05) is 24.3 Å². The van der Waals surface area contributed by atoms with Crippen molar-refractivity contribution in [3.05, 3.63) is 69.6 Å². The van der Waals surface area contributed by atoms with Crippen molar-refractivity contribution in [3.63, 3.8) is 0 Å². The molecular formula is C18H17F3N2O3. The van der Waals surface area contributed by atoms with Gasteiger partial charge >= 0.3 is 6.18 Å². The molecule has 0 aliphatic heterocycles. The maximum Gasteiger partial charge on any atom is 0.421 e. The Kier molecular flexibility index (Phi) is 5.64. The lowest BCUT2D eigenvalue weighted by Gasteiger charge is -2.13. The molecule has 1 aromatic carbocycles. The average molecular weight is 366 g/mol. The lowest BCUT2D eigenvalue weighted by molar-refractivity contribution is -0.139. The number of benzene rings is 1. The lowest BCUT2D eigenvalue weighted by atomic mass is 10.0. The number of rotatable bonds is 5. The Morgan fingerprint density at radius 3 is 2.31 bits per heavy atom. The second-order valence-corrected chi connectivity index (χ2v) is 5.82. The number of amides is 1. The van der Waals surface area contributed by atoms with Crippen molar-refractivity contribution in [3.8, 4) is 0 Å². The van der Waals surface area contributed by atoms with E-state index >= 15 is 0 Å². The van der Waals surface area contributed by atoms with Crippen molar-refractivity contribution in [2.75, 3.05) is 0 Å². The Hall–Kier alpha value is -2.90. The molecule has 2 rings (SSSR count). The number of nitrogens with zero attached hydrogens (tertiary/aromatic N) is 1. The normalized spacial score (nSPS) is 12.5. The first-order chi connectivity index (χ1) is 12.1. The second kappa shape index (κ2) is 7.55. The third kappa shape index (κ3) is 4.59. The topological polar surface area (TPSA) is 68.2 Å². The maximum atomic E-state index is 12.8. The van der Waals surface area contributed by atoms with Gasteiger partial charge in [-0.25, -0.2) is 0 Å². The molecule has 138 valence electrons. The van der Waals surface area contributed by atoms with Crippen LogP contribution in [0.4, 0.5) is 13.2 Å². The summed E-state index contributed by atoms with van der Waals surface area (Å²) in [6.45, 7) is 2.67. The summed E-state index contributed by atoms with van der Waals surface area (Å²) in [4.78, 5) is 35.2. The van der Waals surface area contributed by atoms with Crippen LogP contribution in [0.5, 0.6) is 0 Å². The fraction of sp³-hybridized carbons (Fsp3) is 0.278. The number of pyridine rings is 1. The molecule has 8 heteroatoms. The van der Waals surface area contributed by atoms with Gasteiger partial charge in [0.1, 0.15) is 5.56 Å². The van der Waals surface area contributed by atoms with Gasteiger partial charge in [0.15, 0.2) is 5.78 Å². The van der Waals surface area contributed by atoms with E-state index in [-0.39, 0.29) is 17.5 Å². The van der Waals surface area contributed by atoms with Gasteiger partial charge in [0.25, 0.3) is 5.56 Å². The van der Waals surface area contributed by atoms with Gasteiger partial charge in [0.05, 0.1) is 12.6 Å². The van der Waals surface area contributed by atoms with Crippen LogP contribution in [0.2, 0.25) is 0 Å². The minimum atomic E-state index is -4.77. The third-order valence-corrected chi connectivity index (χ3v) is 3.79. The standard InChI is InChI=1S/C18H17F3N2O3/c1-11(22-12(2)24)13-5-7-14(8-6-13)16(25)10-23-9-3-4-15(17(23)26)18(19,20)21/h3-9,11H,10H2,1-2H3,(H,22,24)/t11-/m1/s1. The molecule has 1 amide bonds. The Balaban J connectivity index is 2.19. The predicted octanol–water partition coefficient (Wildman–Crippen LogP) is 2.95. The molecule has 5 nitrogen and oxygen atoms in total. The fourth-order valence-corrected chi connectivity index (χ4v) is 2.47. The molecule has 2 aromatic rings. The minimum Gasteiger partial charge on any atom is -0.350 e. The molecule has 0 fully saturated rings. The number of carbonyl (C=O) groups is 2. The Bertz CT molecular complexity index is 870. The van der Waals surface area contributed by atoms with E-state index in [0.29, 0.717) is 6.07 Å². The molecule has 0 aliphatic carbocycles. The van der Waals surface area contributed by atoms with Crippen molar-refractivity contribution in [1.82, 2.24) is 9.88 Å². The van der Waals surface area contributed by atoms with Crippen LogP contribution in [0.25, 0.3) is 0 Å². The van der Waals surface area contributed by atoms with E-state index in [2.05, 4.69) is 5.32 Å². The molecule has 0 aliphatic rings. The van der Waals surface area contributed by atoms with Crippen LogP contribution in [0, 0.1) is 0 Å². The minimum absolute atomic E-state index is 0.193. The summed E-state index contributed by atoms with van der Waals surface area (Å²) in [5.41, 5.74) is -1.54. The van der Waals surface area contributed by atoms with E-state index < -0.39 is 29.6 Å². The second-order valence-electron chi connectivity index (χ2n) is 5.82. The summed E-state index contributed by atoms with van der Waals surface area (Å²) in [5, 5.41) is 2.70. The third-order valence-electron chi connectivity index (χ3n) is 3.79. The van der Waals surface area contributed by atoms with Crippen LogP contribution < -0.4 is 10.9 Å². The monoisotopic (exact) mass is 366 g/mol. The molecule has 0 saturated carbocycles. The first-order valence-electron chi connectivity index (χ1n) is 7.76. The highest BCUT2D eigenvalue weighted by Gasteiger charge is 2.34. The number of aromatic nitrogens is 1. The highest BCUT2D eigenvalue weighted by Crippen LogP contribution is 2.26. The van der Waals surface area contributed by atoms with Gasteiger partial charge in [-0.05, 0) is 24.6 Å². The van der Waals surface area contributed by atoms with Gasteiger partial charge in [0, 0.05) is 18.7 Å². The average Bonchev–Trinajstić information content (AvgIpc) is 2.55. The summed E-state index contributed by atoms with van der Waals surface area (Å²) in [6.07, 6.45) is -3.63. The zero-order valence-corrected chi connectivity index (χ0v) is 14.1. The largest absolute Gasteiger partial charge is 0.421 e. The van der Waals surface area contributed by atoms with E-state index in [9.17, 15) is 27.6 Å². The van der Waals surface area contributed by atoms with Crippen LogP contribution in [0.15, 0.2) is 47.4 Å². The first-order valence-corrected chi connectivity index (χ1v) is 7.76. The van der Waals surface area contributed by atoms with Crippen molar-refractivity contribution in [2.45, 2.75) is 32.6 Å². The van der Waals surface area contributed by atoms with Crippen LogP contribution in [0.3, 0.4) is 0 Å². The summed E-state index contributed by atoms with van der Waals surface area (Å²) in [6, 6.07) is 7.81. The molecule has 0 unspecified atom stereocenters. The molecule has 0 saturated heterocycles. The van der Waals surface area contributed by atoms with Gasteiger partial charge in [-0.2, -0.15) is 13.2 Å². The van der Waals surface area contributed by atoms with Gasteiger partial charge in [-0.15, -0.1) is 0 Å². The maximum absolute atomic E-state index is 12.8. The number of ketones is 1. The van der Waals surface area contributed by atoms with Crippen molar-refractivity contribution >= 4 is 11.7 Å². The van der Waals surface area contributed by atoms with Crippen LogP contribution in [-0.2, 0) is 17.5 Å². The Labute approximate surface area is 147 Å². The van der Waals surface area contributed by atoms with Crippen molar-refractivity contribution < 1.29 is 22.8 Å². The molecule has 26 heavy (non-hydrogen) atoms. The molecular weight excluding hydrogens is 349 g/mol. The predicted molar refractivity (Wildman–Crippen MR) is 88.7 cm³/mol. The number of nitrogens with one attached hydrogen (secondary N) is 1. The number of carbonyl (C=O) groups excluding carboxylic acids is 2. The number of hydrogen-bond acceptors (Lipinski definition) is 3. The summed E-state index contributed by atoms with van der Waals surface area (Å²) < 4.78 is 39.0. The highest BCUT2D eigenvalue weighted by atomic mass is 19.4. The Morgan fingerprint density at radius 1 is 1.15 bits per heavy atom. The fourth-order valence-electron chi connectivity index (χ4n) is 2.47. The highest BCUT2D eigenvalue weighted by molar-refractivity contribution is 5.95. The van der Waals surface area contributed by atoms with Crippen LogP contribution in [-0.4, -0.2) is 16.3 Å². The Morgan fingerprint density at radius 2 is 1.77 bits per heavy atom. The van der Waals surface area contributed by atoms with Crippen molar-refractivity contribution in [1.29, 1.82) is 0 Å². The van der Waals surface area contributed by atoms with E-state index in [1.165, 1.54) is 19.1 Å². The number of hydrogen-bond donors (Lipinski definition) is 1. The molecule has 0 radical (unpaired) electrons. The van der Waals surface area contributed by atoms with Gasteiger partial charge < -0.3 is 9.88 Å². The number of halogens is 3. The summed E-state index contributed by atoms with van der Waals surface area (Å²) >= 11 is 0. The number of Topliss-reactive ketones (excluding diaryl/α,β-unsaturated/α-hetero) is 1. The van der Waals surface area contributed by atoms with Crippen LogP contribution >= 0.6 is 0 Å². The zero-order chi connectivity index (χ0) is 19.5. The van der Waals surface area contributed by atoms with E-state index in [1.807, 2.05) is 0 Å². The number of alkyl halides is 3. The molecule has 1 N–H and O–H groups in total. The smallest absolute Gasteiger partial charge is 0.350 e. The van der Waals surface area contributed by atoms with Gasteiger partial charge in [-0.3, -0.25) is 14.4 Å². The SMILES string of the molecule is CC(=O)N[C@H](C)c1ccc(C(=O)Cn2cccc(C(F)(F)F)c2=O)cc1. The van der Waals surface area contributed by atoms with E-state index in [0.717, 1.165) is 22.4 Å². The van der Waals surface area contributed by atoms with E-state index in [1.54, 1.807) is 19.1 Å². The van der Waals surface area contributed by atoms with E-state index in [4.69, 9.17) is 0 Å².